The first-order valence-corrected chi connectivity index (χ1v) is 9.98. The average Bonchev–Trinajstić information content (AvgIpc) is 2.23. The first-order chi connectivity index (χ1) is 8.29. The van der Waals surface area contributed by atoms with Gasteiger partial charge in [-0.15, -0.1) is 11.6 Å². The first kappa shape index (κ1) is 14.6. The van der Waals surface area contributed by atoms with E-state index in [1.165, 1.54) is 0 Å². The second-order valence-corrected chi connectivity index (χ2v) is 9.80. The number of sulfone groups is 1. The van der Waals surface area contributed by atoms with E-state index in [1.807, 2.05) is 0 Å². The maximum atomic E-state index is 12.2. The lowest BCUT2D eigenvalue weighted by atomic mass is 9.79. The van der Waals surface area contributed by atoms with Gasteiger partial charge in [0.15, 0.2) is 0 Å². The molecule has 0 bridgehead atoms. The number of alkyl halides is 1. The van der Waals surface area contributed by atoms with Crippen LogP contribution in [0.2, 0.25) is 0 Å². The predicted octanol–water partition coefficient (Wildman–Crippen LogP) is 0.644. The maximum absolute atomic E-state index is 12.2. The van der Waals surface area contributed by atoms with Gasteiger partial charge in [0.25, 0.3) is 0 Å². The molecular formula is C10H18ClNO4S2. The van der Waals surface area contributed by atoms with Crippen molar-refractivity contribution in [3.63, 3.8) is 0 Å². The molecule has 1 saturated carbocycles. The summed E-state index contributed by atoms with van der Waals surface area (Å²) in [5.74, 6) is 0.205. The van der Waals surface area contributed by atoms with E-state index in [1.54, 1.807) is 0 Å². The van der Waals surface area contributed by atoms with Crippen LogP contribution in [0.4, 0.5) is 0 Å². The third-order valence-electron chi connectivity index (χ3n) is 3.87. The van der Waals surface area contributed by atoms with Crippen LogP contribution in [0.3, 0.4) is 0 Å². The third-order valence-corrected chi connectivity index (χ3v) is 8.16. The Hall–Kier alpha value is 0.150. The van der Waals surface area contributed by atoms with E-state index in [9.17, 15) is 16.8 Å². The van der Waals surface area contributed by atoms with Gasteiger partial charge in [-0.05, 0) is 32.1 Å². The molecule has 1 saturated heterocycles. The highest BCUT2D eigenvalue weighted by Gasteiger charge is 2.42. The summed E-state index contributed by atoms with van der Waals surface area (Å²) in [4.78, 5) is 0. The van der Waals surface area contributed by atoms with Gasteiger partial charge in [0, 0.05) is 11.4 Å². The van der Waals surface area contributed by atoms with Crippen molar-refractivity contribution < 1.29 is 16.8 Å². The molecule has 0 aromatic carbocycles. The maximum Gasteiger partial charge on any atom is 0.215 e. The fourth-order valence-corrected chi connectivity index (χ4v) is 6.54. The van der Waals surface area contributed by atoms with Crippen LogP contribution in [-0.4, -0.2) is 45.0 Å². The Morgan fingerprint density at radius 1 is 1.22 bits per heavy atom. The summed E-state index contributed by atoms with van der Waals surface area (Å²) in [6.07, 6.45) is 2.89. The van der Waals surface area contributed by atoms with Gasteiger partial charge in [0.1, 0.15) is 9.84 Å². The molecular weight excluding hydrogens is 298 g/mol. The second kappa shape index (κ2) is 4.92. The van der Waals surface area contributed by atoms with Crippen molar-refractivity contribution in [1.82, 2.24) is 4.72 Å². The highest BCUT2D eigenvalue weighted by Crippen LogP contribution is 2.34. The molecule has 0 aromatic rings. The zero-order valence-electron chi connectivity index (χ0n) is 10.1. The molecule has 0 unspecified atom stereocenters. The summed E-state index contributed by atoms with van der Waals surface area (Å²) in [5, 5.41) is -0.596. The van der Waals surface area contributed by atoms with Crippen molar-refractivity contribution >= 4 is 31.5 Å². The summed E-state index contributed by atoms with van der Waals surface area (Å²) >= 11 is 5.83. The summed E-state index contributed by atoms with van der Waals surface area (Å²) < 4.78 is 49.7. The first-order valence-electron chi connectivity index (χ1n) is 6.08. The van der Waals surface area contributed by atoms with E-state index in [-0.39, 0.29) is 30.2 Å². The molecule has 1 aliphatic heterocycles. The molecule has 2 rings (SSSR count). The van der Waals surface area contributed by atoms with Gasteiger partial charge in [-0.2, -0.15) is 0 Å². The van der Waals surface area contributed by atoms with Crippen LogP contribution in [0.15, 0.2) is 0 Å². The normalized spacial score (nSPS) is 27.6. The van der Waals surface area contributed by atoms with Crippen LogP contribution in [0, 0.1) is 0 Å². The lowest BCUT2D eigenvalue weighted by molar-refractivity contribution is 0.251. The van der Waals surface area contributed by atoms with Gasteiger partial charge < -0.3 is 0 Å². The molecule has 2 aliphatic rings. The Kier molecular flexibility index (Phi) is 3.98. The molecule has 2 fully saturated rings. The Bertz CT molecular complexity index is 490. The molecule has 0 amide bonds. The molecule has 1 N–H and O–H groups in total. The topological polar surface area (TPSA) is 80.3 Å². The minimum absolute atomic E-state index is 0.0353. The summed E-state index contributed by atoms with van der Waals surface area (Å²) in [5.41, 5.74) is -0.489. The molecule has 5 nitrogen and oxygen atoms in total. The number of halogens is 1. The van der Waals surface area contributed by atoms with Crippen molar-refractivity contribution in [2.75, 3.05) is 17.4 Å². The number of nitrogens with one attached hydrogen (secondary N) is 1. The Balaban J connectivity index is 2.04. The molecule has 1 heterocycles. The highest BCUT2D eigenvalue weighted by atomic mass is 35.5. The minimum Gasteiger partial charge on any atom is -0.229 e. The molecule has 1 aliphatic carbocycles. The fourth-order valence-electron chi connectivity index (χ4n) is 2.43. The number of rotatable bonds is 4. The Morgan fingerprint density at radius 3 is 2.17 bits per heavy atom. The van der Waals surface area contributed by atoms with Gasteiger partial charge in [0.05, 0.1) is 16.8 Å². The van der Waals surface area contributed by atoms with E-state index < -0.39 is 30.6 Å². The van der Waals surface area contributed by atoms with Crippen molar-refractivity contribution in [2.24, 2.45) is 0 Å². The van der Waals surface area contributed by atoms with Crippen LogP contribution in [0.25, 0.3) is 0 Å². The van der Waals surface area contributed by atoms with Crippen molar-refractivity contribution in [1.29, 1.82) is 0 Å². The SMILES string of the molecule is O=S1(=O)CCC(S(=O)(=O)NC2(CCl)CCC2)CC1. The third kappa shape index (κ3) is 3.00. The summed E-state index contributed by atoms with van der Waals surface area (Å²) in [6, 6.07) is 0. The van der Waals surface area contributed by atoms with Crippen molar-refractivity contribution in [3.8, 4) is 0 Å². The molecule has 18 heavy (non-hydrogen) atoms. The Morgan fingerprint density at radius 2 is 1.78 bits per heavy atom. The van der Waals surface area contributed by atoms with E-state index in [4.69, 9.17) is 11.6 Å². The largest absolute Gasteiger partial charge is 0.229 e. The number of hydrogen-bond acceptors (Lipinski definition) is 4. The van der Waals surface area contributed by atoms with Crippen molar-refractivity contribution in [2.45, 2.75) is 42.9 Å². The van der Waals surface area contributed by atoms with Gasteiger partial charge in [-0.1, -0.05) is 0 Å². The van der Waals surface area contributed by atoms with E-state index >= 15 is 0 Å². The minimum atomic E-state index is -3.46. The quantitative estimate of drug-likeness (QED) is 0.772. The van der Waals surface area contributed by atoms with E-state index in [0.717, 1.165) is 19.3 Å². The van der Waals surface area contributed by atoms with Crippen LogP contribution in [-0.2, 0) is 19.9 Å². The zero-order chi connectivity index (χ0) is 13.4. The van der Waals surface area contributed by atoms with Gasteiger partial charge in [-0.3, -0.25) is 0 Å². The number of hydrogen-bond donors (Lipinski definition) is 1. The molecule has 0 radical (unpaired) electrons. The van der Waals surface area contributed by atoms with Crippen LogP contribution < -0.4 is 4.72 Å². The molecule has 0 spiro atoms. The average molecular weight is 316 g/mol. The predicted molar refractivity (Wildman–Crippen MR) is 71.0 cm³/mol. The lowest BCUT2D eigenvalue weighted by Gasteiger charge is -2.41. The highest BCUT2D eigenvalue weighted by molar-refractivity contribution is 7.92. The summed E-state index contributed by atoms with van der Waals surface area (Å²) in [7, 11) is -6.50. The fraction of sp³-hybridized carbons (Fsp3) is 1.00. The monoisotopic (exact) mass is 315 g/mol. The van der Waals surface area contributed by atoms with Crippen LogP contribution in [0.5, 0.6) is 0 Å². The smallest absolute Gasteiger partial charge is 0.215 e. The number of sulfonamides is 1. The molecule has 106 valence electrons. The van der Waals surface area contributed by atoms with E-state index in [2.05, 4.69) is 4.72 Å². The zero-order valence-corrected chi connectivity index (χ0v) is 12.5. The van der Waals surface area contributed by atoms with Crippen LogP contribution in [0.1, 0.15) is 32.1 Å². The van der Waals surface area contributed by atoms with E-state index in [0.29, 0.717) is 0 Å². The van der Waals surface area contributed by atoms with Gasteiger partial charge in [-0.25, -0.2) is 21.6 Å². The summed E-state index contributed by atoms with van der Waals surface area (Å²) in [6.45, 7) is 0. The standard InChI is InChI=1S/C10H18ClNO4S2/c11-8-10(4-1-5-10)12-18(15,16)9-2-6-17(13,14)7-3-9/h9,12H,1-8H2. The van der Waals surface area contributed by atoms with Crippen LogP contribution >= 0.6 is 11.6 Å². The molecule has 0 atom stereocenters. The second-order valence-electron chi connectivity index (χ2n) is 5.27. The van der Waals surface area contributed by atoms with Gasteiger partial charge >= 0.3 is 0 Å². The van der Waals surface area contributed by atoms with Crippen molar-refractivity contribution in [3.05, 3.63) is 0 Å². The van der Waals surface area contributed by atoms with Gasteiger partial charge in [0.2, 0.25) is 10.0 Å². The molecule has 0 aromatic heterocycles. The lowest BCUT2D eigenvalue weighted by Crippen LogP contribution is -2.57. The molecule has 8 heteroatoms. The Labute approximate surface area is 113 Å².